The number of rotatable bonds is 4. The molecule has 2 aromatic rings. The van der Waals surface area contributed by atoms with Crippen molar-refractivity contribution >= 4 is 31.8 Å². The van der Waals surface area contributed by atoms with Gasteiger partial charge in [0.1, 0.15) is 11.5 Å². The molecule has 20 heavy (non-hydrogen) atoms. The van der Waals surface area contributed by atoms with Gasteiger partial charge in [-0.2, -0.15) is 0 Å². The summed E-state index contributed by atoms with van der Waals surface area (Å²) in [7, 11) is -1.73. The Morgan fingerprint density at radius 1 is 1.15 bits per heavy atom. The molecule has 104 valence electrons. The van der Waals surface area contributed by atoms with E-state index in [0.717, 1.165) is 17.0 Å². The van der Waals surface area contributed by atoms with Crippen molar-refractivity contribution in [2.24, 2.45) is 0 Å². The Morgan fingerprint density at radius 2 is 1.85 bits per heavy atom. The van der Waals surface area contributed by atoms with E-state index in [1.54, 1.807) is 12.3 Å². The topological polar surface area (TPSA) is 22.1 Å². The van der Waals surface area contributed by atoms with E-state index in [4.69, 9.17) is 16.0 Å². The number of aromatic nitrogens is 1. The van der Waals surface area contributed by atoms with Crippen LogP contribution >= 0.6 is 11.6 Å². The highest BCUT2D eigenvalue weighted by molar-refractivity contribution is 6.70. The summed E-state index contributed by atoms with van der Waals surface area (Å²) in [5.74, 6) is 0.776. The zero-order chi connectivity index (χ0) is 14.6. The van der Waals surface area contributed by atoms with E-state index < -0.39 is 8.32 Å². The third-order valence-electron chi connectivity index (χ3n) is 2.49. The van der Waals surface area contributed by atoms with Crippen LogP contribution in [0.1, 0.15) is 11.3 Å². The quantitative estimate of drug-likeness (QED) is 0.580. The second-order valence-electron chi connectivity index (χ2n) is 5.49. The second kappa shape index (κ2) is 6.24. The molecule has 0 aliphatic heterocycles. The molecule has 0 radical (unpaired) electrons. The minimum atomic E-state index is -1.73. The van der Waals surface area contributed by atoms with Crippen LogP contribution in [0.2, 0.25) is 24.7 Å². The number of halogens is 1. The van der Waals surface area contributed by atoms with Gasteiger partial charge in [0.15, 0.2) is 0 Å². The average Bonchev–Trinajstić information content (AvgIpc) is 2.38. The summed E-state index contributed by atoms with van der Waals surface area (Å²) in [5.41, 5.74) is 1.85. The maximum absolute atomic E-state index is 6.16. The predicted octanol–water partition coefficient (Wildman–Crippen LogP) is 5.08. The Labute approximate surface area is 126 Å². The van der Waals surface area contributed by atoms with E-state index >= 15 is 0 Å². The highest BCUT2D eigenvalue weighted by Crippen LogP contribution is 2.24. The molecule has 1 aromatic heterocycles. The maximum atomic E-state index is 6.16. The molecule has 4 heteroatoms. The van der Waals surface area contributed by atoms with Crippen LogP contribution in [0, 0.1) is 0 Å². The van der Waals surface area contributed by atoms with Crippen LogP contribution in [0.3, 0.4) is 0 Å². The lowest BCUT2D eigenvalue weighted by molar-refractivity contribution is 0.515. The summed E-state index contributed by atoms with van der Waals surface area (Å²) >= 11 is 6.05. The number of hydrogen-bond acceptors (Lipinski definition) is 2. The number of hydrogen-bond donors (Lipinski definition) is 0. The van der Waals surface area contributed by atoms with Crippen LogP contribution in [0.15, 0.2) is 48.7 Å². The standard InChI is InChI=1S/C16H18ClNOSi/c1-20(2,3)19-16(11-13-7-5-4-6-8-13)15-12-14(17)9-10-18-15/h4-12H,1-3H3/b16-11-. The number of benzene rings is 1. The first-order chi connectivity index (χ1) is 9.44. The second-order valence-corrected chi connectivity index (χ2v) is 10.4. The highest BCUT2D eigenvalue weighted by Gasteiger charge is 2.19. The highest BCUT2D eigenvalue weighted by atomic mass is 35.5. The summed E-state index contributed by atoms with van der Waals surface area (Å²) in [6, 6.07) is 13.7. The van der Waals surface area contributed by atoms with Gasteiger partial charge in [-0.25, -0.2) is 0 Å². The Kier molecular flexibility index (Phi) is 4.63. The fourth-order valence-electron chi connectivity index (χ4n) is 1.73. The average molecular weight is 304 g/mol. The van der Waals surface area contributed by atoms with Gasteiger partial charge in [0.25, 0.3) is 0 Å². The Hall–Kier alpha value is -1.58. The van der Waals surface area contributed by atoms with Crippen LogP contribution in [-0.2, 0) is 4.43 Å². The molecule has 0 unspecified atom stereocenters. The van der Waals surface area contributed by atoms with Gasteiger partial charge in [0.2, 0.25) is 8.32 Å². The molecule has 0 fully saturated rings. The molecule has 0 bridgehead atoms. The van der Waals surface area contributed by atoms with E-state index in [1.165, 1.54) is 0 Å². The summed E-state index contributed by atoms with van der Waals surface area (Å²) < 4.78 is 6.16. The van der Waals surface area contributed by atoms with Crippen LogP contribution in [0.25, 0.3) is 11.8 Å². The predicted molar refractivity (Wildman–Crippen MR) is 88.0 cm³/mol. The van der Waals surface area contributed by atoms with E-state index in [9.17, 15) is 0 Å². The smallest absolute Gasteiger partial charge is 0.242 e. The summed E-state index contributed by atoms with van der Waals surface area (Å²) in [6.45, 7) is 6.45. The van der Waals surface area contributed by atoms with Gasteiger partial charge in [-0.15, -0.1) is 0 Å². The van der Waals surface area contributed by atoms with E-state index in [0.29, 0.717) is 5.02 Å². The molecular formula is C16H18ClNOSi. The molecule has 2 nitrogen and oxygen atoms in total. The minimum Gasteiger partial charge on any atom is -0.543 e. The van der Waals surface area contributed by atoms with Crippen LogP contribution < -0.4 is 0 Å². The normalized spacial score (nSPS) is 12.3. The molecule has 0 amide bonds. The zero-order valence-electron chi connectivity index (χ0n) is 11.9. The van der Waals surface area contributed by atoms with Gasteiger partial charge in [-0.3, -0.25) is 4.98 Å². The van der Waals surface area contributed by atoms with Gasteiger partial charge in [-0.05, 0) is 43.4 Å². The van der Waals surface area contributed by atoms with Gasteiger partial charge in [0, 0.05) is 11.2 Å². The third-order valence-corrected chi connectivity index (χ3v) is 3.56. The first kappa shape index (κ1) is 14.8. The third kappa shape index (κ3) is 4.51. The Morgan fingerprint density at radius 3 is 2.45 bits per heavy atom. The van der Waals surface area contributed by atoms with Gasteiger partial charge in [-0.1, -0.05) is 41.9 Å². The minimum absolute atomic E-state index is 0.660. The van der Waals surface area contributed by atoms with Crippen molar-refractivity contribution in [1.82, 2.24) is 4.98 Å². The van der Waals surface area contributed by atoms with E-state index in [2.05, 4.69) is 24.6 Å². The first-order valence-corrected chi connectivity index (χ1v) is 10.3. The molecule has 0 saturated heterocycles. The molecule has 0 saturated carbocycles. The van der Waals surface area contributed by atoms with Crippen LogP contribution in [0.5, 0.6) is 0 Å². The molecule has 0 spiro atoms. The molecule has 0 N–H and O–H groups in total. The van der Waals surface area contributed by atoms with Gasteiger partial charge in [0.05, 0.1) is 0 Å². The fourth-order valence-corrected chi connectivity index (χ4v) is 2.71. The van der Waals surface area contributed by atoms with Gasteiger partial charge >= 0.3 is 0 Å². The lowest BCUT2D eigenvalue weighted by Gasteiger charge is -2.21. The summed E-state index contributed by atoms with van der Waals surface area (Å²) in [6.07, 6.45) is 3.71. The van der Waals surface area contributed by atoms with Crippen molar-refractivity contribution in [2.75, 3.05) is 0 Å². The summed E-state index contributed by atoms with van der Waals surface area (Å²) in [5, 5.41) is 0.660. The molecule has 1 heterocycles. The molecular weight excluding hydrogens is 286 g/mol. The maximum Gasteiger partial charge on any atom is 0.242 e. The van der Waals surface area contributed by atoms with Crippen molar-refractivity contribution in [3.8, 4) is 0 Å². The summed E-state index contributed by atoms with van der Waals surface area (Å²) in [4.78, 5) is 4.36. The Bertz CT molecular complexity index is 605. The van der Waals surface area contributed by atoms with Crippen molar-refractivity contribution < 1.29 is 4.43 Å². The lowest BCUT2D eigenvalue weighted by Crippen LogP contribution is -2.24. The fraction of sp³-hybridized carbons (Fsp3) is 0.188. The van der Waals surface area contributed by atoms with Crippen molar-refractivity contribution in [3.05, 3.63) is 64.9 Å². The van der Waals surface area contributed by atoms with Crippen LogP contribution in [0.4, 0.5) is 0 Å². The number of pyridine rings is 1. The van der Waals surface area contributed by atoms with E-state index in [-0.39, 0.29) is 0 Å². The zero-order valence-corrected chi connectivity index (χ0v) is 13.7. The molecule has 0 aliphatic carbocycles. The lowest BCUT2D eigenvalue weighted by atomic mass is 10.2. The largest absolute Gasteiger partial charge is 0.543 e. The Balaban J connectivity index is 2.42. The first-order valence-electron chi connectivity index (χ1n) is 6.52. The molecule has 1 aromatic carbocycles. The van der Waals surface area contributed by atoms with Crippen molar-refractivity contribution in [2.45, 2.75) is 19.6 Å². The van der Waals surface area contributed by atoms with Gasteiger partial charge < -0.3 is 4.43 Å². The van der Waals surface area contributed by atoms with Crippen LogP contribution in [-0.4, -0.2) is 13.3 Å². The SMILES string of the molecule is C[Si](C)(C)O/C(=C\c1ccccc1)c1cc(Cl)ccn1. The van der Waals surface area contributed by atoms with Crippen molar-refractivity contribution in [1.29, 1.82) is 0 Å². The molecule has 2 rings (SSSR count). The molecule has 0 atom stereocenters. The molecule has 0 aliphatic rings. The monoisotopic (exact) mass is 303 g/mol. The van der Waals surface area contributed by atoms with E-state index in [1.807, 2.05) is 42.5 Å². The number of nitrogens with zero attached hydrogens (tertiary/aromatic N) is 1. The van der Waals surface area contributed by atoms with Crippen molar-refractivity contribution in [3.63, 3.8) is 0 Å².